The maximum Gasteiger partial charge on any atom is 0.573 e. The van der Waals surface area contributed by atoms with Crippen LogP contribution in [0.1, 0.15) is 11.3 Å². The number of nitriles is 1. The van der Waals surface area contributed by atoms with Gasteiger partial charge in [-0.25, -0.2) is 0 Å². The Hall–Kier alpha value is -0.730. The Morgan fingerprint density at radius 2 is 1.76 bits per heavy atom. The summed E-state index contributed by atoms with van der Waals surface area (Å²) in [6.07, 6.45) is -4.88. The van der Waals surface area contributed by atoms with Crippen molar-refractivity contribution < 1.29 is 17.9 Å². The second-order valence-electron chi connectivity index (χ2n) is 4.32. The molecule has 1 heterocycles. The van der Waals surface area contributed by atoms with Crippen molar-refractivity contribution in [1.29, 1.82) is 5.26 Å². The van der Waals surface area contributed by atoms with E-state index in [0.29, 0.717) is 13.4 Å². The summed E-state index contributed by atoms with van der Waals surface area (Å²) in [6, 6.07) is 3.83. The fourth-order valence-corrected chi connectivity index (χ4v) is 3.33. The number of alkyl halides is 3. The molecule has 0 radical (unpaired) electrons. The molecule has 1 aromatic carbocycles. The molecule has 2 rings (SSSR count). The molecule has 0 fully saturated rings. The van der Waals surface area contributed by atoms with Crippen molar-refractivity contribution in [2.24, 2.45) is 0 Å². The summed E-state index contributed by atoms with van der Waals surface area (Å²) < 4.78 is 41.8. The van der Waals surface area contributed by atoms with Crippen LogP contribution in [0.5, 0.6) is 5.75 Å². The van der Waals surface area contributed by atoms with Crippen LogP contribution in [0.3, 0.4) is 0 Å². The summed E-state index contributed by atoms with van der Waals surface area (Å²) in [7, 11) is 0. The van der Waals surface area contributed by atoms with E-state index in [1.165, 1.54) is 0 Å². The lowest BCUT2D eigenvalue weighted by Crippen LogP contribution is -2.17. The van der Waals surface area contributed by atoms with Crippen LogP contribution in [-0.4, -0.2) is 16.6 Å². The summed E-state index contributed by atoms with van der Waals surface area (Å²) in [5, 5.41) is 15.4. The lowest BCUT2D eigenvalue weighted by molar-refractivity contribution is -0.274. The zero-order valence-corrected chi connectivity index (χ0v) is 17.8. The van der Waals surface area contributed by atoms with Gasteiger partial charge in [-0.1, -0.05) is 23.2 Å². The molecule has 132 valence electrons. The van der Waals surface area contributed by atoms with E-state index < -0.39 is 12.1 Å². The molecule has 4 nitrogen and oxygen atoms in total. The molecule has 0 aliphatic carbocycles. The summed E-state index contributed by atoms with van der Waals surface area (Å²) in [4.78, 5) is 0. The smallest absolute Gasteiger partial charge is 0.406 e. The highest BCUT2D eigenvalue weighted by atomic mass is 79.9. The largest absolute Gasteiger partial charge is 0.573 e. The monoisotopic (exact) mass is 581 g/mol. The fourth-order valence-electron chi connectivity index (χ4n) is 1.89. The Balaban J connectivity index is 2.67. The maximum atomic E-state index is 12.4. The van der Waals surface area contributed by atoms with Crippen molar-refractivity contribution in [3.8, 4) is 23.1 Å². The Morgan fingerprint density at radius 1 is 1.20 bits per heavy atom. The van der Waals surface area contributed by atoms with Crippen molar-refractivity contribution in [3.63, 3.8) is 0 Å². The highest BCUT2D eigenvalue weighted by Gasteiger charge is 2.32. The highest BCUT2D eigenvalue weighted by molar-refractivity contribution is 9.29. The van der Waals surface area contributed by atoms with Crippen molar-refractivity contribution in [1.82, 2.24) is 10.2 Å². The molecule has 1 N–H and O–H groups in total. The number of ether oxygens (including phenoxy) is 1. The van der Waals surface area contributed by atoms with Gasteiger partial charge in [0.15, 0.2) is 5.69 Å². The van der Waals surface area contributed by atoms with Crippen LogP contribution in [0.25, 0.3) is 15.7 Å². The maximum absolute atomic E-state index is 12.4. The van der Waals surface area contributed by atoms with Crippen LogP contribution in [0.2, 0.25) is 10.0 Å². The molecule has 25 heavy (non-hydrogen) atoms. The van der Waals surface area contributed by atoms with Crippen molar-refractivity contribution in [2.45, 2.75) is 6.36 Å². The Labute approximate surface area is 174 Å². The molecule has 2 aromatic rings. The number of aromatic nitrogens is 2. The number of halogens is 8. The molecule has 0 spiro atoms. The van der Waals surface area contributed by atoms with Gasteiger partial charge in [0.05, 0.1) is 29.2 Å². The first-order valence-electron chi connectivity index (χ1n) is 6.00. The molecule has 0 aliphatic rings. The predicted molar refractivity (Wildman–Crippen MR) is 99.1 cm³/mol. The van der Waals surface area contributed by atoms with E-state index in [2.05, 4.69) is 62.7 Å². The average molecular weight is 585 g/mol. The molecule has 0 saturated heterocycles. The normalized spacial score (nSPS) is 11.2. The van der Waals surface area contributed by atoms with Crippen LogP contribution < -0.4 is 4.74 Å². The second kappa shape index (κ2) is 7.88. The van der Waals surface area contributed by atoms with Crippen LogP contribution in [-0.2, 0) is 0 Å². The molecule has 12 heteroatoms. The third kappa shape index (κ3) is 4.71. The van der Waals surface area contributed by atoms with Gasteiger partial charge in [-0.15, -0.1) is 13.2 Å². The van der Waals surface area contributed by atoms with E-state index in [1.54, 1.807) is 0 Å². The van der Waals surface area contributed by atoms with E-state index in [-0.39, 0.29) is 27.0 Å². The van der Waals surface area contributed by atoms with Crippen molar-refractivity contribution in [3.05, 3.63) is 36.8 Å². The first-order valence-corrected chi connectivity index (χ1v) is 9.13. The molecule has 0 saturated carbocycles. The molecule has 0 amide bonds. The molecule has 1 aromatic heterocycles. The van der Waals surface area contributed by atoms with Crippen molar-refractivity contribution in [2.75, 3.05) is 0 Å². The summed E-state index contributed by atoms with van der Waals surface area (Å²) in [6.45, 7) is 0. The van der Waals surface area contributed by atoms with E-state index in [4.69, 9.17) is 23.2 Å². The van der Waals surface area contributed by atoms with E-state index >= 15 is 0 Å². The number of nitrogens with one attached hydrogen (secondary N) is 1. The van der Waals surface area contributed by atoms with E-state index in [9.17, 15) is 18.4 Å². The zero-order chi connectivity index (χ0) is 18.9. The number of benzene rings is 1. The Bertz CT molecular complexity index is 879. The standard InChI is InChI=1S/C13H3Br3Cl2F3N3O/c14-10(12(15)16)9-7(3-22)23-24-11(9)8-5(17)1-4(2-6(8)18)25-13(19,20)21/h1-2H,(H,23,24). The van der Waals surface area contributed by atoms with Gasteiger partial charge >= 0.3 is 6.36 Å². The molecular weight excluding hydrogens is 582 g/mol. The number of hydrogen-bond donors (Lipinski definition) is 1. The van der Waals surface area contributed by atoms with Gasteiger partial charge in [0.1, 0.15) is 11.8 Å². The van der Waals surface area contributed by atoms with Crippen LogP contribution in [0, 0.1) is 11.3 Å². The van der Waals surface area contributed by atoms with E-state index in [0.717, 1.165) is 12.1 Å². The first kappa shape index (κ1) is 20.6. The Morgan fingerprint density at radius 3 is 2.20 bits per heavy atom. The molecule has 0 atom stereocenters. The van der Waals surface area contributed by atoms with Crippen molar-refractivity contribution >= 4 is 75.5 Å². The summed E-state index contributed by atoms with van der Waals surface area (Å²) in [5.41, 5.74) is 0.758. The van der Waals surface area contributed by atoms with Gasteiger partial charge in [-0.3, -0.25) is 5.10 Å². The lowest BCUT2D eigenvalue weighted by Gasteiger charge is -2.13. The molecule has 0 unspecified atom stereocenters. The number of rotatable bonds is 3. The van der Waals surface area contributed by atoms with Gasteiger partial charge in [0, 0.05) is 5.56 Å². The van der Waals surface area contributed by atoms with Gasteiger partial charge < -0.3 is 4.74 Å². The SMILES string of the molecule is N#Cc1n[nH]c(-c2c(Cl)cc(OC(F)(F)F)cc2Cl)c1C(Br)=C(Br)Br. The Kier molecular flexibility index (Phi) is 6.49. The van der Waals surface area contributed by atoms with Gasteiger partial charge in [-0.2, -0.15) is 10.4 Å². The lowest BCUT2D eigenvalue weighted by atomic mass is 10.1. The predicted octanol–water partition coefficient (Wildman–Crippen LogP) is 6.96. The molecule has 0 aliphatic heterocycles. The summed E-state index contributed by atoms with van der Waals surface area (Å²) >= 11 is 21.9. The number of aromatic amines is 1. The van der Waals surface area contributed by atoms with Gasteiger partial charge in [-0.05, 0) is 59.9 Å². The minimum atomic E-state index is -4.88. The average Bonchev–Trinajstić information content (AvgIpc) is 2.87. The second-order valence-corrected chi connectivity index (χ2v) is 8.58. The van der Waals surface area contributed by atoms with Crippen LogP contribution in [0.15, 0.2) is 15.5 Å². The molecule has 0 bridgehead atoms. The summed E-state index contributed by atoms with van der Waals surface area (Å²) in [5.74, 6) is -0.566. The first-order chi connectivity index (χ1) is 11.5. The number of hydrogen-bond acceptors (Lipinski definition) is 3. The number of nitrogens with zero attached hydrogens (tertiary/aromatic N) is 2. The van der Waals surface area contributed by atoms with Gasteiger partial charge in [0.25, 0.3) is 0 Å². The molecular formula is C13H3Br3Cl2F3N3O. The quantitative estimate of drug-likeness (QED) is 0.424. The van der Waals surface area contributed by atoms with Crippen LogP contribution in [0.4, 0.5) is 13.2 Å². The van der Waals surface area contributed by atoms with E-state index in [1.807, 2.05) is 6.07 Å². The third-order valence-electron chi connectivity index (χ3n) is 2.76. The zero-order valence-electron chi connectivity index (χ0n) is 11.5. The third-order valence-corrected chi connectivity index (χ3v) is 6.00. The fraction of sp³-hybridized carbons (Fsp3) is 0.0769. The number of H-pyrrole nitrogens is 1. The topological polar surface area (TPSA) is 61.7 Å². The van der Waals surface area contributed by atoms with Crippen LogP contribution >= 0.6 is 71.0 Å². The highest BCUT2D eigenvalue weighted by Crippen LogP contribution is 2.44. The van der Waals surface area contributed by atoms with Gasteiger partial charge in [0.2, 0.25) is 0 Å². The minimum absolute atomic E-state index is 0.0287. The minimum Gasteiger partial charge on any atom is -0.406 e.